The first-order chi connectivity index (χ1) is 9.70. The molecule has 3 heterocycles. The predicted molar refractivity (Wildman–Crippen MR) is 74.1 cm³/mol. The van der Waals surface area contributed by atoms with Crippen molar-refractivity contribution in [2.24, 2.45) is 0 Å². The van der Waals surface area contributed by atoms with Crippen LogP contribution >= 0.6 is 0 Å². The number of aromatic amines is 1. The monoisotopic (exact) mass is 273 g/mol. The van der Waals surface area contributed by atoms with Crippen molar-refractivity contribution in [3.05, 3.63) is 41.2 Å². The van der Waals surface area contributed by atoms with Crippen LogP contribution < -0.4 is 0 Å². The molecule has 0 spiro atoms. The van der Waals surface area contributed by atoms with E-state index in [1.165, 1.54) is 0 Å². The number of hydrogen-bond donors (Lipinski definition) is 1. The van der Waals surface area contributed by atoms with Crippen molar-refractivity contribution >= 4 is 0 Å². The van der Waals surface area contributed by atoms with E-state index in [1.54, 1.807) is 6.20 Å². The van der Waals surface area contributed by atoms with E-state index in [4.69, 9.17) is 4.74 Å². The summed E-state index contributed by atoms with van der Waals surface area (Å²) in [6.07, 6.45) is 1.80. The van der Waals surface area contributed by atoms with Crippen molar-refractivity contribution in [3.63, 3.8) is 0 Å². The highest BCUT2D eigenvalue weighted by atomic mass is 16.5. The van der Waals surface area contributed by atoms with Crippen LogP contribution in [-0.4, -0.2) is 44.8 Å². The molecule has 0 aliphatic carbocycles. The highest BCUT2D eigenvalue weighted by Gasteiger charge is 2.23. The summed E-state index contributed by atoms with van der Waals surface area (Å²) < 4.78 is 5.87. The molecule has 106 valence electrons. The van der Waals surface area contributed by atoms with Crippen LogP contribution in [0.5, 0.6) is 0 Å². The number of morpholine rings is 1. The van der Waals surface area contributed by atoms with Crippen LogP contribution in [0.4, 0.5) is 0 Å². The maximum atomic E-state index is 5.87. The Balaban J connectivity index is 1.71. The molecule has 2 aromatic rings. The van der Waals surface area contributed by atoms with Gasteiger partial charge in [0.2, 0.25) is 0 Å². The van der Waals surface area contributed by atoms with Crippen molar-refractivity contribution in [1.82, 2.24) is 25.1 Å². The quantitative estimate of drug-likeness (QED) is 0.915. The number of aryl methyl sites for hydroxylation is 2. The summed E-state index contributed by atoms with van der Waals surface area (Å²) >= 11 is 0. The SMILES string of the molecule is Cc1cc(C2CN(Cc3ccn[nH]3)CCO2)nc(C)n1. The largest absolute Gasteiger partial charge is 0.369 e. The van der Waals surface area contributed by atoms with E-state index in [-0.39, 0.29) is 6.10 Å². The third-order valence-electron chi connectivity index (χ3n) is 3.42. The summed E-state index contributed by atoms with van der Waals surface area (Å²) in [4.78, 5) is 11.2. The number of nitrogens with one attached hydrogen (secondary N) is 1. The van der Waals surface area contributed by atoms with Crippen LogP contribution in [0, 0.1) is 13.8 Å². The van der Waals surface area contributed by atoms with Crippen molar-refractivity contribution in [3.8, 4) is 0 Å². The molecule has 0 amide bonds. The van der Waals surface area contributed by atoms with Gasteiger partial charge in [0.05, 0.1) is 12.3 Å². The Kier molecular flexibility index (Phi) is 3.75. The molecule has 0 radical (unpaired) electrons. The van der Waals surface area contributed by atoms with Crippen LogP contribution in [0.15, 0.2) is 18.3 Å². The molecule has 1 saturated heterocycles. The zero-order valence-corrected chi connectivity index (χ0v) is 11.8. The van der Waals surface area contributed by atoms with Gasteiger partial charge in [0.15, 0.2) is 0 Å². The minimum absolute atomic E-state index is 0.0204. The molecular weight excluding hydrogens is 254 g/mol. The average Bonchev–Trinajstić information content (AvgIpc) is 2.91. The number of ether oxygens (including phenoxy) is 1. The summed E-state index contributed by atoms with van der Waals surface area (Å²) in [5, 5.41) is 6.98. The maximum absolute atomic E-state index is 5.87. The van der Waals surface area contributed by atoms with Crippen LogP contribution in [-0.2, 0) is 11.3 Å². The van der Waals surface area contributed by atoms with Gasteiger partial charge >= 0.3 is 0 Å². The topological polar surface area (TPSA) is 66.9 Å². The Bertz CT molecular complexity index is 549. The fourth-order valence-electron chi connectivity index (χ4n) is 2.55. The van der Waals surface area contributed by atoms with Gasteiger partial charge in [-0.05, 0) is 26.0 Å². The first-order valence-corrected chi connectivity index (χ1v) is 6.85. The third-order valence-corrected chi connectivity index (χ3v) is 3.42. The molecule has 0 aromatic carbocycles. The van der Waals surface area contributed by atoms with Gasteiger partial charge in [0, 0.05) is 37.2 Å². The second-order valence-corrected chi connectivity index (χ2v) is 5.16. The lowest BCUT2D eigenvalue weighted by Crippen LogP contribution is -2.38. The van der Waals surface area contributed by atoms with Crippen LogP contribution in [0.2, 0.25) is 0 Å². The van der Waals surface area contributed by atoms with Crippen molar-refractivity contribution < 1.29 is 4.74 Å². The van der Waals surface area contributed by atoms with Crippen LogP contribution in [0.3, 0.4) is 0 Å². The molecule has 0 bridgehead atoms. The second-order valence-electron chi connectivity index (χ2n) is 5.16. The molecule has 1 fully saturated rings. The minimum atomic E-state index is 0.0204. The lowest BCUT2D eigenvalue weighted by molar-refractivity contribution is -0.0355. The van der Waals surface area contributed by atoms with E-state index >= 15 is 0 Å². The van der Waals surface area contributed by atoms with Crippen molar-refractivity contribution in [1.29, 1.82) is 0 Å². The maximum Gasteiger partial charge on any atom is 0.125 e. The molecule has 1 atom stereocenters. The van der Waals surface area contributed by atoms with E-state index in [9.17, 15) is 0 Å². The summed E-state index contributed by atoms with van der Waals surface area (Å²) in [6, 6.07) is 4.01. The number of aromatic nitrogens is 4. The van der Waals surface area contributed by atoms with E-state index in [2.05, 4.69) is 25.1 Å². The number of H-pyrrole nitrogens is 1. The highest BCUT2D eigenvalue weighted by molar-refractivity contribution is 5.13. The summed E-state index contributed by atoms with van der Waals surface area (Å²) in [6.45, 7) is 7.27. The Labute approximate surface area is 118 Å². The van der Waals surface area contributed by atoms with Crippen LogP contribution in [0.25, 0.3) is 0 Å². The van der Waals surface area contributed by atoms with E-state index in [1.807, 2.05) is 26.0 Å². The van der Waals surface area contributed by atoms with Crippen molar-refractivity contribution in [2.45, 2.75) is 26.5 Å². The number of rotatable bonds is 3. The molecule has 2 aromatic heterocycles. The fraction of sp³-hybridized carbons (Fsp3) is 0.500. The summed E-state index contributed by atoms with van der Waals surface area (Å²) in [7, 11) is 0. The Morgan fingerprint density at radius 3 is 3.05 bits per heavy atom. The summed E-state index contributed by atoms with van der Waals surface area (Å²) in [5.41, 5.74) is 3.09. The lowest BCUT2D eigenvalue weighted by atomic mass is 10.1. The zero-order chi connectivity index (χ0) is 13.9. The van der Waals surface area contributed by atoms with E-state index in [0.717, 1.165) is 49.1 Å². The molecule has 6 heteroatoms. The normalized spacial score (nSPS) is 20.2. The molecule has 1 aliphatic heterocycles. The number of hydrogen-bond acceptors (Lipinski definition) is 5. The fourth-order valence-corrected chi connectivity index (χ4v) is 2.55. The molecule has 6 nitrogen and oxygen atoms in total. The van der Waals surface area contributed by atoms with Gasteiger partial charge in [-0.3, -0.25) is 10.00 Å². The second kappa shape index (κ2) is 5.68. The van der Waals surface area contributed by atoms with E-state index < -0.39 is 0 Å². The Hall–Kier alpha value is -1.79. The van der Waals surface area contributed by atoms with Gasteiger partial charge in [0.25, 0.3) is 0 Å². The zero-order valence-electron chi connectivity index (χ0n) is 11.8. The van der Waals surface area contributed by atoms with Gasteiger partial charge in [-0.15, -0.1) is 0 Å². The third kappa shape index (κ3) is 3.02. The predicted octanol–water partition coefficient (Wildman–Crippen LogP) is 1.39. The number of nitrogens with zero attached hydrogens (tertiary/aromatic N) is 4. The molecule has 0 saturated carbocycles. The van der Waals surface area contributed by atoms with Gasteiger partial charge in [0.1, 0.15) is 11.9 Å². The first kappa shape index (κ1) is 13.2. The Morgan fingerprint density at radius 1 is 1.40 bits per heavy atom. The smallest absolute Gasteiger partial charge is 0.125 e. The molecule has 1 unspecified atom stereocenters. The molecule has 3 rings (SSSR count). The van der Waals surface area contributed by atoms with Gasteiger partial charge in [-0.25, -0.2) is 9.97 Å². The molecule has 1 N–H and O–H groups in total. The molecule has 1 aliphatic rings. The van der Waals surface area contributed by atoms with Gasteiger partial charge < -0.3 is 4.74 Å². The minimum Gasteiger partial charge on any atom is -0.369 e. The van der Waals surface area contributed by atoms with Crippen LogP contribution in [0.1, 0.15) is 29.0 Å². The standard InChI is InChI=1S/C14H19N5O/c1-10-7-13(17-11(2)16-10)14-9-19(5-6-20-14)8-12-3-4-15-18-12/h3-4,7,14H,5-6,8-9H2,1-2H3,(H,15,18). The Morgan fingerprint density at radius 2 is 2.30 bits per heavy atom. The summed E-state index contributed by atoms with van der Waals surface area (Å²) in [5.74, 6) is 0.800. The lowest BCUT2D eigenvalue weighted by Gasteiger charge is -2.32. The van der Waals surface area contributed by atoms with Crippen molar-refractivity contribution in [2.75, 3.05) is 19.7 Å². The molecular formula is C14H19N5O. The van der Waals surface area contributed by atoms with E-state index in [0.29, 0.717) is 0 Å². The van der Waals surface area contributed by atoms with Gasteiger partial charge in [-0.2, -0.15) is 5.10 Å². The van der Waals surface area contributed by atoms with Gasteiger partial charge in [-0.1, -0.05) is 0 Å². The first-order valence-electron chi connectivity index (χ1n) is 6.85. The average molecular weight is 273 g/mol. The molecule has 20 heavy (non-hydrogen) atoms. The highest BCUT2D eigenvalue weighted by Crippen LogP contribution is 2.22.